The highest BCUT2D eigenvalue weighted by Gasteiger charge is 2.32. The van der Waals surface area contributed by atoms with Crippen LogP contribution in [0.15, 0.2) is 22.7 Å². The summed E-state index contributed by atoms with van der Waals surface area (Å²) < 4.78 is 38.9. The lowest BCUT2D eigenvalue weighted by Gasteiger charge is -2.30. The molecule has 0 bridgehead atoms. The Kier molecular flexibility index (Phi) is 4.02. The maximum atomic E-state index is 12.7. The Balaban J connectivity index is 2.27. The summed E-state index contributed by atoms with van der Waals surface area (Å²) in [6.07, 6.45) is -2.44. The summed E-state index contributed by atoms with van der Waals surface area (Å²) in [6, 6.07) is 3.93. The molecule has 1 nitrogen and oxygen atoms in total. The zero-order valence-corrected chi connectivity index (χ0v) is 11.7. The van der Waals surface area contributed by atoms with Crippen molar-refractivity contribution in [3.8, 4) is 0 Å². The van der Waals surface area contributed by atoms with Gasteiger partial charge in [-0.2, -0.15) is 13.2 Å². The predicted molar refractivity (Wildman–Crippen MR) is 68.6 cm³/mol. The van der Waals surface area contributed by atoms with E-state index >= 15 is 0 Å². The lowest BCUT2D eigenvalue weighted by molar-refractivity contribution is -0.137. The molecular weight excluding hydrogens is 307 g/mol. The van der Waals surface area contributed by atoms with Gasteiger partial charge in [0.05, 0.1) is 5.56 Å². The molecule has 5 heteroatoms. The van der Waals surface area contributed by atoms with Crippen LogP contribution in [0.3, 0.4) is 0 Å². The summed E-state index contributed by atoms with van der Waals surface area (Å²) in [6.45, 7) is 1.88. The molecule has 0 unspecified atom stereocenters. The van der Waals surface area contributed by atoms with Gasteiger partial charge in [-0.1, -0.05) is 15.9 Å². The largest absolute Gasteiger partial charge is 0.416 e. The van der Waals surface area contributed by atoms with Crippen molar-refractivity contribution in [2.75, 3.05) is 20.1 Å². The van der Waals surface area contributed by atoms with Crippen molar-refractivity contribution in [3.63, 3.8) is 0 Å². The van der Waals surface area contributed by atoms with Gasteiger partial charge in [0.15, 0.2) is 0 Å². The monoisotopic (exact) mass is 321 g/mol. The quantitative estimate of drug-likeness (QED) is 0.746. The van der Waals surface area contributed by atoms with E-state index < -0.39 is 11.7 Å². The molecule has 1 aromatic rings. The fraction of sp³-hybridized carbons (Fsp3) is 0.538. The molecule has 18 heavy (non-hydrogen) atoms. The van der Waals surface area contributed by atoms with Crippen LogP contribution in [-0.4, -0.2) is 25.0 Å². The Morgan fingerprint density at radius 3 is 2.39 bits per heavy atom. The Bertz CT molecular complexity index is 423. The van der Waals surface area contributed by atoms with E-state index in [1.807, 2.05) is 7.05 Å². The zero-order chi connectivity index (χ0) is 13.3. The number of likely N-dealkylation sites (tertiary alicyclic amines) is 1. The number of piperidine rings is 1. The molecule has 0 amide bonds. The van der Waals surface area contributed by atoms with E-state index in [0.29, 0.717) is 0 Å². The molecule has 1 heterocycles. The molecule has 0 aromatic heterocycles. The van der Waals surface area contributed by atoms with Crippen molar-refractivity contribution < 1.29 is 13.2 Å². The molecule has 1 saturated heterocycles. The second-order valence-corrected chi connectivity index (χ2v) is 5.67. The maximum absolute atomic E-state index is 12.7. The van der Waals surface area contributed by atoms with Gasteiger partial charge in [0, 0.05) is 4.47 Å². The highest BCUT2D eigenvalue weighted by molar-refractivity contribution is 9.10. The molecule has 0 N–H and O–H groups in total. The van der Waals surface area contributed by atoms with E-state index in [2.05, 4.69) is 20.8 Å². The highest BCUT2D eigenvalue weighted by atomic mass is 79.9. The van der Waals surface area contributed by atoms with Gasteiger partial charge >= 0.3 is 6.18 Å². The van der Waals surface area contributed by atoms with Crippen LogP contribution in [0.2, 0.25) is 0 Å². The van der Waals surface area contributed by atoms with Gasteiger partial charge in [0.1, 0.15) is 0 Å². The third-order valence-corrected chi connectivity index (χ3v) is 4.20. The number of alkyl halides is 3. The molecule has 0 atom stereocenters. The van der Waals surface area contributed by atoms with Crippen LogP contribution >= 0.6 is 15.9 Å². The van der Waals surface area contributed by atoms with Crippen molar-refractivity contribution in [3.05, 3.63) is 33.8 Å². The Morgan fingerprint density at radius 1 is 1.22 bits per heavy atom. The van der Waals surface area contributed by atoms with Gasteiger partial charge < -0.3 is 4.90 Å². The van der Waals surface area contributed by atoms with Gasteiger partial charge in [0.25, 0.3) is 0 Å². The Hall–Kier alpha value is -0.550. The molecule has 1 fully saturated rings. The summed E-state index contributed by atoms with van der Waals surface area (Å²) >= 11 is 3.37. The molecule has 2 rings (SSSR count). The normalized spacial score (nSPS) is 19.2. The van der Waals surface area contributed by atoms with Crippen molar-refractivity contribution in [2.45, 2.75) is 24.9 Å². The predicted octanol–water partition coefficient (Wildman–Crippen LogP) is 4.28. The summed E-state index contributed by atoms with van der Waals surface area (Å²) in [7, 11) is 2.04. The lowest BCUT2D eigenvalue weighted by Crippen LogP contribution is -2.29. The SMILES string of the molecule is CN1CCC(c2cc(C(F)(F)F)ccc2Br)CC1. The van der Waals surface area contributed by atoms with E-state index in [1.54, 1.807) is 0 Å². The first-order valence-corrected chi connectivity index (χ1v) is 6.72. The van der Waals surface area contributed by atoms with Crippen LogP contribution < -0.4 is 0 Å². The topological polar surface area (TPSA) is 3.24 Å². The van der Waals surface area contributed by atoms with Crippen LogP contribution in [0.5, 0.6) is 0 Å². The summed E-state index contributed by atoms with van der Waals surface area (Å²) in [5.41, 5.74) is 0.234. The number of hydrogen-bond donors (Lipinski definition) is 0. The molecule has 0 spiro atoms. The van der Waals surface area contributed by atoms with Crippen LogP contribution in [0.4, 0.5) is 13.2 Å². The van der Waals surface area contributed by atoms with Crippen molar-refractivity contribution >= 4 is 15.9 Å². The maximum Gasteiger partial charge on any atom is 0.416 e. The van der Waals surface area contributed by atoms with Crippen LogP contribution in [-0.2, 0) is 6.18 Å². The standard InChI is InChI=1S/C13H15BrF3N/c1-18-6-4-9(5-7-18)11-8-10(13(15,16)17)2-3-12(11)14/h2-3,8-9H,4-7H2,1H3. The highest BCUT2D eigenvalue weighted by Crippen LogP contribution is 2.37. The second kappa shape index (κ2) is 5.21. The smallest absolute Gasteiger partial charge is 0.306 e. The fourth-order valence-electron chi connectivity index (χ4n) is 2.35. The summed E-state index contributed by atoms with van der Waals surface area (Å²) in [5.74, 6) is 0.220. The molecule has 1 aliphatic heterocycles. The van der Waals surface area contributed by atoms with Gasteiger partial charge in [-0.3, -0.25) is 0 Å². The van der Waals surface area contributed by atoms with Crippen LogP contribution in [0.1, 0.15) is 29.9 Å². The summed E-state index contributed by atoms with van der Waals surface area (Å²) in [5, 5.41) is 0. The van der Waals surface area contributed by atoms with Gasteiger partial charge in [-0.25, -0.2) is 0 Å². The van der Waals surface area contributed by atoms with Gasteiger partial charge in [-0.15, -0.1) is 0 Å². The summed E-state index contributed by atoms with van der Waals surface area (Å²) in [4.78, 5) is 2.21. The lowest BCUT2D eigenvalue weighted by atomic mass is 9.89. The first-order chi connectivity index (χ1) is 8.38. The zero-order valence-electron chi connectivity index (χ0n) is 10.1. The first kappa shape index (κ1) is 13.9. The third kappa shape index (κ3) is 3.06. The van der Waals surface area contributed by atoms with Gasteiger partial charge in [0.2, 0.25) is 0 Å². The third-order valence-electron chi connectivity index (χ3n) is 3.48. The molecule has 0 aliphatic carbocycles. The molecular formula is C13H15BrF3N. The molecule has 0 saturated carbocycles. The Morgan fingerprint density at radius 2 is 1.83 bits per heavy atom. The second-order valence-electron chi connectivity index (χ2n) is 4.81. The minimum atomic E-state index is -4.26. The minimum absolute atomic E-state index is 0.220. The van der Waals surface area contributed by atoms with Crippen molar-refractivity contribution in [1.82, 2.24) is 4.90 Å². The molecule has 1 aromatic carbocycles. The fourth-order valence-corrected chi connectivity index (χ4v) is 2.92. The average molecular weight is 322 g/mol. The van der Waals surface area contributed by atoms with E-state index in [9.17, 15) is 13.2 Å². The number of benzene rings is 1. The number of halogens is 4. The average Bonchev–Trinajstić information content (AvgIpc) is 2.29. The number of hydrogen-bond acceptors (Lipinski definition) is 1. The minimum Gasteiger partial charge on any atom is -0.306 e. The number of rotatable bonds is 1. The van der Waals surface area contributed by atoms with E-state index in [1.165, 1.54) is 12.1 Å². The molecule has 1 aliphatic rings. The molecule has 0 radical (unpaired) electrons. The van der Waals surface area contributed by atoms with Gasteiger partial charge in [-0.05, 0) is 62.7 Å². The number of nitrogens with zero attached hydrogens (tertiary/aromatic N) is 1. The van der Waals surface area contributed by atoms with E-state index in [0.717, 1.165) is 42.0 Å². The Labute approximate surface area is 113 Å². The van der Waals surface area contributed by atoms with Crippen LogP contribution in [0, 0.1) is 0 Å². The first-order valence-electron chi connectivity index (χ1n) is 5.93. The molecule has 100 valence electrons. The van der Waals surface area contributed by atoms with Crippen molar-refractivity contribution in [2.24, 2.45) is 0 Å². The van der Waals surface area contributed by atoms with Crippen molar-refractivity contribution in [1.29, 1.82) is 0 Å². The van der Waals surface area contributed by atoms with Crippen LogP contribution in [0.25, 0.3) is 0 Å². The van der Waals surface area contributed by atoms with E-state index in [-0.39, 0.29) is 5.92 Å². The van der Waals surface area contributed by atoms with E-state index in [4.69, 9.17) is 0 Å².